The van der Waals surface area contributed by atoms with Crippen molar-refractivity contribution in [2.24, 2.45) is 5.92 Å². The minimum atomic E-state index is -1.07. The molecule has 0 aliphatic carbocycles. The Hall–Kier alpha value is -4.16. The van der Waals surface area contributed by atoms with E-state index in [4.69, 9.17) is 0 Å². The summed E-state index contributed by atoms with van der Waals surface area (Å²) in [5, 5.41) is 31.3. The Morgan fingerprint density at radius 1 is 1.00 bits per heavy atom. The summed E-state index contributed by atoms with van der Waals surface area (Å²) in [6.07, 6.45) is 3.38. The molecule has 0 bridgehead atoms. The van der Waals surface area contributed by atoms with Crippen molar-refractivity contribution in [3.8, 4) is 0 Å². The number of nitrogens with one attached hydrogen (secondary N) is 3. The normalized spacial score (nSPS) is 12.6. The summed E-state index contributed by atoms with van der Waals surface area (Å²) in [7, 11) is 0. The van der Waals surface area contributed by atoms with Gasteiger partial charge in [0, 0.05) is 37.8 Å². The van der Waals surface area contributed by atoms with Crippen LogP contribution >= 0.6 is 11.8 Å². The van der Waals surface area contributed by atoms with Crippen LogP contribution in [-0.4, -0.2) is 76.6 Å². The minimum absolute atomic E-state index is 0.0150. The first-order valence-electron chi connectivity index (χ1n) is 15.0. The molecule has 0 unspecified atom stereocenters. The van der Waals surface area contributed by atoms with Gasteiger partial charge in [-0.3, -0.25) is 19.8 Å². The lowest BCUT2D eigenvalue weighted by Gasteiger charge is -2.29. The zero-order valence-corrected chi connectivity index (χ0v) is 26.8. The van der Waals surface area contributed by atoms with E-state index in [-0.39, 0.29) is 36.1 Å². The van der Waals surface area contributed by atoms with Gasteiger partial charge in [-0.2, -0.15) is 11.8 Å². The van der Waals surface area contributed by atoms with Crippen LogP contribution in [0.3, 0.4) is 0 Å². The molecule has 0 saturated heterocycles. The molecule has 0 aliphatic rings. The molecule has 3 amide bonds. The molecule has 0 aliphatic heterocycles. The second-order valence-electron chi connectivity index (χ2n) is 11.4. The molecule has 0 radical (unpaired) electrons. The molecular formula is C33H43N5O6S. The highest BCUT2D eigenvalue weighted by atomic mass is 32.2. The van der Waals surface area contributed by atoms with Crippen molar-refractivity contribution in [2.45, 2.75) is 51.7 Å². The van der Waals surface area contributed by atoms with Gasteiger partial charge < -0.3 is 21.1 Å². The number of amides is 3. The Morgan fingerprint density at radius 3 is 2.38 bits per heavy atom. The van der Waals surface area contributed by atoms with Crippen molar-refractivity contribution in [2.75, 3.05) is 31.6 Å². The third-order valence-corrected chi connectivity index (χ3v) is 7.95. The van der Waals surface area contributed by atoms with Crippen LogP contribution in [0.25, 0.3) is 10.8 Å². The van der Waals surface area contributed by atoms with Gasteiger partial charge in [-0.05, 0) is 59.1 Å². The van der Waals surface area contributed by atoms with E-state index in [1.807, 2.05) is 53.6 Å². The van der Waals surface area contributed by atoms with Crippen molar-refractivity contribution in [1.29, 1.82) is 0 Å². The largest absolute Gasteiger partial charge is 0.480 e. The number of carboxylic acid groups (broad SMARTS) is 1. The van der Waals surface area contributed by atoms with E-state index < -0.39 is 16.9 Å². The molecule has 0 aromatic heterocycles. The summed E-state index contributed by atoms with van der Waals surface area (Å²) in [5.74, 6) is -0.592. The second-order valence-corrected chi connectivity index (χ2v) is 12.4. The summed E-state index contributed by atoms with van der Waals surface area (Å²) in [5.41, 5.74) is 1.90. The number of thioether (sulfide) groups is 1. The van der Waals surface area contributed by atoms with Crippen molar-refractivity contribution in [1.82, 2.24) is 20.9 Å². The predicted octanol–water partition coefficient (Wildman–Crippen LogP) is 4.83. The van der Waals surface area contributed by atoms with Crippen molar-refractivity contribution >= 4 is 46.1 Å². The zero-order valence-electron chi connectivity index (χ0n) is 26.0. The molecule has 2 atom stereocenters. The molecule has 12 heteroatoms. The number of benzene rings is 3. The smallest absolute Gasteiger partial charge is 0.326 e. The van der Waals surface area contributed by atoms with E-state index >= 15 is 0 Å². The SMILES string of the molecule is CSCC[C@H](NC(=O)CN(Cc1cccc2ccccc12)C[C@H](CC(C)C)NC(=O)NCCc1ccc([N+](=O)[O-])cc1)C(=O)O. The summed E-state index contributed by atoms with van der Waals surface area (Å²) < 4.78 is 0. The fraction of sp³-hybridized carbons (Fsp3) is 0.424. The van der Waals surface area contributed by atoms with Gasteiger partial charge in [0.15, 0.2) is 0 Å². The van der Waals surface area contributed by atoms with E-state index in [2.05, 4.69) is 29.8 Å². The lowest BCUT2D eigenvalue weighted by Crippen LogP contribution is -2.51. The maximum atomic E-state index is 13.2. The Bertz CT molecular complexity index is 1430. The van der Waals surface area contributed by atoms with Gasteiger partial charge in [0.05, 0.1) is 11.5 Å². The van der Waals surface area contributed by atoms with Gasteiger partial charge >= 0.3 is 12.0 Å². The molecule has 242 valence electrons. The van der Waals surface area contributed by atoms with Crippen LogP contribution in [0.2, 0.25) is 0 Å². The Balaban J connectivity index is 1.72. The summed E-state index contributed by atoms with van der Waals surface area (Å²) in [6, 6.07) is 18.6. The third kappa shape index (κ3) is 12.0. The number of carbonyl (C=O) groups excluding carboxylic acids is 2. The summed E-state index contributed by atoms with van der Waals surface area (Å²) in [6.45, 7) is 5.22. The van der Waals surface area contributed by atoms with Gasteiger partial charge in [0.1, 0.15) is 6.04 Å². The lowest BCUT2D eigenvalue weighted by atomic mass is 10.0. The van der Waals surface area contributed by atoms with Crippen molar-refractivity contribution < 1.29 is 24.4 Å². The number of aliphatic carboxylic acids is 1. The number of nitro benzene ring substituents is 1. The number of non-ortho nitro benzene ring substituents is 1. The molecule has 3 aromatic carbocycles. The quantitative estimate of drug-likeness (QED) is 0.114. The highest BCUT2D eigenvalue weighted by Gasteiger charge is 2.24. The van der Waals surface area contributed by atoms with E-state index in [1.54, 1.807) is 12.1 Å². The van der Waals surface area contributed by atoms with Crippen LogP contribution in [0.5, 0.6) is 0 Å². The van der Waals surface area contributed by atoms with Gasteiger partial charge in [-0.1, -0.05) is 68.4 Å². The van der Waals surface area contributed by atoms with E-state index in [0.717, 1.165) is 21.9 Å². The standard InChI is InChI=1S/C33H43N5O6S/c1-23(2)19-27(35-33(42)34-17-15-24-11-13-28(14-12-24)38(43)44)21-37(22-31(39)36-30(32(40)41)16-18-45-3)20-26-9-6-8-25-7-4-5-10-29(25)26/h4-14,23,27,30H,15-22H2,1-3H3,(H,36,39)(H,40,41)(H2,34,35,42)/t27-,30-/m0/s1. The van der Waals surface area contributed by atoms with E-state index in [9.17, 15) is 29.6 Å². The van der Waals surface area contributed by atoms with E-state index in [1.165, 1.54) is 23.9 Å². The molecule has 0 fully saturated rings. The first-order chi connectivity index (χ1) is 21.5. The molecule has 3 aromatic rings. The summed E-state index contributed by atoms with van der Waals surface area (Å²) >= 11 is 1.52. The van der Waals surface area contributed by atoms with Gasteiger partial charge in [-0.15, -0.1) is 0 Å². The average Bonchev–Trinajstić information content (AvgIpc) is 2.99. The van der Waals surface area contributed by atoms with Crippen LogP contribution in [0.4, 0.5) is 10.5 Å². The number of hydrogen-bond donors (Lipinski definition) is 4. The highest BCUT2D eigenvalue weighted by molar-refractivity contribution is 7.98. The molecule has 0 heterocycles. The lowest BCUT2D eigenvalue weighted by molar-refractivity contribution is -0.384. The number of urea groups is 1. The maximum absolute atomic E-state index is 13.2. The van der Waals surface area contributed by atoms with Gasteiger partial charge in [0.2, 0.25) is 5.91 Å². The van der Waals surface area contributed by atoms with Crippen molar-refractivity contribution in [3.05, 3.63) is 88.0 Å². The number of fused-ring (bicyclic) bond motifs is 1. The maximum Gasteiger partial charge on any atom is 0.326 e. The predicted molar refractivity (Wildman–Crippen MR) is 178 cm³/mol. The van der Waals surface area contributed by atoms with Crippen molar-refractivity contribution in [3.63, 3.8) is 0 Å². The fourth-order valence-corrected chi connectivity index (χ4v) is 5.66. The minimum Gasteiger partial charge on any atom is -0.480 e. The third-order valence-electron chi connectivity index (χ3n) is 7.30. The molecule has 45 heavy (non-hydrogen) atoms. The van der Waals surface area contributed by atoms with E-state index in [0.29, 0.717) is 44.6 Å². The number of hydrogen-bond acceptors (Lipinski definition) is 7. The van der Waals surface area contributed by atoms with Crippen LogP contribution in [0, 0.1) is 16.0 Å². The van der Waals surface area contributed by atoms with Crippen LogP contribution < -0.4 is 16.0 Å². The molecular weight excluding hydrogens is 594 g/mol. The first-order valence-corrected chi connectivity index (χ1v) is 16.4. The summed E-state index contributed by atoms with van der Waals surface area (Å²) in [4.78, 5) is 50.3. The number of nitrogens with zero attached hydrogens (tertiary/aromatic N) is 2. The Kier molecular flexibility index (Phi) is 14.1. The second kappa shape index (κ2) is 18.0. The van der Waals surface area contributed by atoms with Crippen LogP contribution in [0.15, 0.2) is 66.7 Å². The van der Waals surface area contributed by atoms with Crippen LogP contribution in [0.1, 0.15) is 37.8 Å². The molecule has 3 rings (SSSR count). The molecule has 4 N–H and O–H groups in total. The number of carboxylic acids is 1. The zero-order chi connectivity index (χ0) is 32.8. The topological polar surface area (TPSA) is 154 Å². The fourth-order valence-electron chi connectivity index (χ4n) is 5.19. The number of carbonyl (C=O) groups is 3. The molecule has 11 nitrogen and oxygen atoms in total. The molecule has 0 spiro atoms. The van der Waals surface area contributed by atoms with Gasteiger partial charge in [0.25, 0.3) is 5.69 Å². The molecule has 0 saturated carbocycles. The Labute approximate surface area is 268 Å². The first kappa shape index (κ1) is 35.3. The monoisotopic (exact) mass is 637 g/mol. The average molecular weight is 638 g/mol. The Morgan fingerprint density at radius 2 is 1.71 bits per heavy atom. The van der Waals surface area contributed by atoms with Gasteiger partial charge in [-0.25, -0.2) is 9.59 Å². The number of rotatable bonds is 18. The number of nitro groups is 1. The highest BCUT2D eigenvalue weighted by Crippen LogP contribution is 2.21. The van der Waals surface area contributed by atoms with Crippen LogP contribution in [-0.2, 0) is 22.6 Å².